The minimum Gasteiger partial charge on any atom is -0.318 e. The molecule has 7 heteroatoms. The number of nitrogens with zero attached hydrogens (tertiary/aromatic N) is 2. The lowest BCUT2D eigenvalue weighted by atomic mass is 10.1. The first kappa shape index (κ1) is 21.5. The number of hydrogen-bond donors (Lipinski definition) is 2. The summed E-state index contributed by atoms with van der Waals surface area (Å²) >= 11 is 3.32. The van der Waals surface area contributed by atoms with Gasteiger partial charge in [-0.3, -0.25) is 9.59 Å². The molecule has 3 rings (SSSR count). The quantitative estimate of drug-likeness (QED) is 0.335. The van der Waals surface area contributed by atoms with Crippen LogP contribution < -0.4 is 10.7 Å². The van der Waals surface area contributed by atoms with E-state index in [4.69, 9.17) is 0 Å². The summed E-state index contributed by atoms with van der Waals surface area (Å²) in [4.78, 5) is 24.0. The van der Waals surface area contributed by atoms with Crippen molar-refractivity contribution in [1.29, 1.82) is 0 Å². The summed E-state index contributed by atoms with van der Waals surface area (Å²) in [6.45, 7) is 8.20. The Morgan fingerprint density at radius 1 is 0.967 bits per heavy atom. The third kappa shape index (κ3) is 4.68. The Labute approximate surface area is 184 Å². The van der Waals surface area contributed by atoms with E-state index in [1.54, 1.807) is 30.5 Å². The van der Waals surface area contributed by atoms with Crippen LogP contribution in [0.2, 0.25) is 0 Å². The molecule has 0 saturated carbocycles. The molecule has 0 aliphatic carbocycles. The van der Waals surface area contributed by atoms with Crippen LogP contribution in [0.3, 0.4) is 0 Å². The maximum Gasteiger partial charge on any atom is 0.329 e. The zero-order valence-electron chi connectivity index (χ0n) is 17.3. The number of aryl methyl sites for hydroxylation is 3. The Bertz CT molecular complexity index is 1110. The number of anilines is 1. The maximum atomic E-state index is 12.0. The van der Waals surface area contributed by atoms with E-state index in [9.17, 15) is 9.59 Å². The van der Waals surface area contributed by atoms with Crippen molar-refractivity contribution < 1.29 is 9.59 Å². The van der Waals surface area contributed by atoms with Crippen molar-refractivity contribution in [3.05, 3.63) is 81.1 Å². The number of halogens is 1. The lowest BCUT2D eigenvalue weighted by Crippen LogP contribution is -2.32. The fraction of sp³-hybridized carbons (Fsp3) is 0.174. The number of amides is 2. The van der Waals surface area contributed by atoms with Gasteiger partial charge in [-0.2, -0.15) is 5.10 Å². The van der Waals surface area contributed by atoms with Gasteiger partial charge in [-0.1, -0.05) is 34.1 Å². The van der Waals surface area contributed by atoms with E-state index in [1.165, 1.54) is 11.1 Å². The van der Waals surface area contributed by atoms with Crippen molar-refractivity contribution in [3.8, 4) is 5.69 Å². The number of carbonyl (C=O) groups excluding carboxylic acids is 2. The molecule has 2 aromatic carbocycles. The fourth-order valence-corrected chi connectivity index (χ4v) is 3.62. The molecule has 0 radical (unpaired) electrons. The molecule has 2 amide bonds. The molecule has 0 spiro atoms. The molecule has 3 aromatic rings. The summed E-state index contributed by atoms with van der Waals surface area (Å²) in [5.74, 6) is -1.62. The van der Waals surface area contributed by atoms with Crippen molar-refractivity contribution in [2.24, 2.45) is 5.10 Å². The van der Waals surface area contributed by atoms with Gasteiger partial charge in [-0.15, -0.1) is 0 Å². The van der Waals surface area contributed by atoms with Crippen LogP contribution in [0.5, 0.6) is 0 Å². The van der Waals surface area contributed by atoms with Crippen LogP contribution >= 0.6 is 15.9 Å². The summed E-state index contributed by atoms with van der Waals surface area (Å²) in [7, 11) is 0. The van der Waals surface area contributed by atoms with E-state index in [0.29, 0.717) is 5.69 Å². The number of para-hydroxylation sites is 1. The molecule has 0 atom stereocenters. The molecule has 2 N–H and O–H groups in total. The number of benzene rings is 2. The molecular weight excluding hydrogens is 444 g/mol. The predicted octanol–water partition coefficient (Wildman–Crippen LogP) is 4.56. The second-order valence-electron chi connectivity index (χ2n) is 7.06. The van der Waals surface area contributed by atoms with E-state index in [-0.39, 0.29) is 0 Å². The van der Waals surface area contributed by atoms with Crippen molar-refractivity contribution in [1.82, 2.24) is 9.99 Å². The Kier molecular flexibility index (Phi) is 6.52. The second kappa shape index (κ2) is 9.09. The highest BCUT2D eigenvalue weighted by Gasteiger charge is 2.15. The van der Waals surface area contributed by atoms with E-state index in [1.807, 2.05) is 26.0 Å². The first-order chi connectivity index (χ1) is 14.3. The van der Waals surface area contributed by atoms with E-state index in [2.05, 4.69) is 62.3 Å². The SMILES string of the molecule is Cc1cccc(C)c1-n1c(C)cc(/C=N/NC(=O)C(=O)Nc2ccc(Br)cc2)c1C. The summed E-state index contributed by atoms with van der Waals surface area (Å²) in [6.07, 6.45) is 1.55. The van der Waals surface area contributed by atoms with Gasteiger partial charge in [0.15, 0.2) is 0 Å². The van der Waals surface area contributed by atoms with Gasteiger partial charge in [-0.25, -0.2) is 5.43 Å². The Morgan fingerprint density at radius 2 is 1.60 bits per heavy atom. The van der Waals surface area contributed by atoms with Crippen LogP contribution in [0.1, 0.15) is 28.1 Å². The summed E-state index contributed by atoms with van der Waals surface area (Å²) in [5.41, 5.74) is 9.24. The minimum atomic E-state index is -0.835. The van der Waals surface area contributed by atoms with Gasteiger partial charge in [0.2, 0.25) is 0 Å². The molecule has 0 bridgehead atoms. The lowest BCUT2D eigenvalue weighted by molar-refractivity contribution is -0.136. The van der Waals surface area contributed by atoms with Crippen LogP contribution in [0.15, 0.2) is 58.1 Å². The van der Waals surface area contributed by atoms with Gasteiger partial charge in [-0.05, 0) is 69.2 Å². The Balaban J connectivity index is 1.72. The van der Waals surface area contributed by atoms with Gasteiger partial charge in [0.05, 0.1) is 11.9 Å². The summed E-state index contributed by atoms with van der Waals surface area (Å²) in [6, 6.07) is 15.1. The van der Waals surface area contributed by atoms with Crippen molar-refractivity contribution in [2.75, 3.05) is 5.32 Å². The van der Waals surface area contributed by atoms with Crippen molar-refractivity contribution in [2.45, 2.75) is 27.7 Å². The van der Waals surface area contributed by atoms with Crippen LogP contribution in [-0.2, 0) is 9.59 Å². The van der Waals surface area contributed by atoms with Gasteiger partial charge < -0.3 is 9.88 Å². The predicted molar refractivity (Wildman–Crippen MR) is 123 cm³/mol. The van der Waals surface area contributed by atoms with E-state index in [0.717, 1.165) is 27.1 Å². The highest BCUT2D eigenvalue weighted by Crippen LogP contribution is 2.25. The first-order valence-corrected chi connectivity index (χ1v) is 10.2. The third-order valence-electron chi connectivity index (χ3n) is 4.81. The fourth-order valence-electron chi connectivity index (χ4n) is 3.35. The number of hydrogen-bond acceptors (Lipinski definition) is 3. The maximum absolute atomic E-state index is 12.0. The smallest absolute Gasteiger partial charge is 0.318 e. The number of aromatic nitrogens is 1. The summed E-state index contributed by atoms with van der Waals surface area (Å²) in [5, 5.41) is 6.49. The molecule has 0 unspecified atom stereocenters. The van der Waals surface area contributed by atoms with Crippen LogP contribution in [0.25, 0.3) is 5.69 Å². The zero-order valence-corrected chi connectivity index (χ0v) is 18.9. The molecule has 0 aliphatic heterocycles. The molecule has 0 saturated heterocycles. The molecule has 6 nitrogen and oxygen atoms in total. The molecule has 1 aromatic heterocycles. The monoisotopic (exact) mass is 466 g/mol. The van der Waals surface area contributed by atoms with Gasteiger partial charge in [0.1, 0.15) is 0 Å². The number of nitrogens with one attached hydrogen (secondary N) is 2. The topological polar surface area (TPSA) is 75.5 Å². The standard InChI is InChI=1S/C23H23BrN4O2/c1-14-6-5-7-15(2)21(14)28-16(3)12-18(17(28)4)13-25-27-23(30)22(29)26-20-10-8-19(24)9-11-20/h5-13H,1-4H3,(H,26,29)(H,27,30)/b25-13+. The van der Waals surface area contributed by atoms with Crippen molar-refractivity contribution in [3.63, 3.8) is 0 Å². The second-order valence-corrected chi connectivity index (χ2v) is 7.98. The largest absolute Gasteiger partial charge is 0.329 e. The normalized spacial score (nSPS) is 11.0. The lowest BCUT2D eigenvalue weighted by Gasteiger charge is -2.15. The molecular formula is C23H23BrN4O2. The molecule has 1 heterocycles. The first-order valence-electron chi connectivity index (χ1n) is 9.43. The Morgan fingerprint density at radius 3 is 2.23 bits per heavy atom. The van der Waals surface area contributed by atoms with Gasteiger partial charge in [0, 0.05) is 27.1 Å². The van der Waals surface area contributed by atoms with Crippen LogP contribution in [0, 0.1) is 27.7 Å². The third-order valence-corrected chi connectivity index (χ3v) is 5.34. The van der Waals surface area contributed by atoms with E-state index < -0.39 is 11.8 Å². The van der Waals surface area contributed by atoms with E-state index >= 15 is 0 Å². The number of rotatable bonds is 4. The average Bonchev–Trinajstić information content (AvgIpc) is 2.97. The molecule has 30 heavy (non-hydrogen) atoms. The number of carbonyl (C=O) groups is 2. The highest BCUT2D eigenvalue weighted by molar-refractivity contribution is 9.10. The molecule has 0 fully saturated rings. The molecule has 154 valence electrons. The molecule has 0 aliphatic rings. The summed E-state index contributed by atoms with van der Waals surface area (Å²) < 4.78 is 3.06. The zero-order chi connectivity index (χ0) is 21.8. The average molecular weight is 467 g/mol. The van der Waals surface area contributed by atoms with Gasteiger partial charge in [0.25, 0.3) is 0 Å². The number of hydrazone groups is 1. The highest BCUT2D eigenvalue weighted by atomic mass is 79.9. The van der Waals surface area contributed by atoms with Crippen LogP contribution in [0.4, 0.5) is 5.69 Å². The van der Waals surface area contributed by atoms with Crippen LogP contribution in [-0.4, -0.2) is 22.6 Å². The van der Waals surface area contributed by atoms with Crippen molar-refractivity contribution >= 4 is 39.6 Å². The van der Waals surface area contributed by atoms with Gasteiger partial charge >= 0.3 is 11.8 Å². The minimum absolute atomic E-state index is 0.527. The Hall–Kier alpha value is -3.19.